The average molecular weight is 400 g/mol. The Bertz CT molecular complexity index is 898. The summed E-state index contributed by atoms with van der Waals surface area (Å²) in [7, 11) is 0. The first-order valence-corrected chi connectivity index (χ1v) is 10.4. The number of carbonyl (C=O) groups is 2. The molecule has 1 fully saturated rings. The molecule has 0 radical (unpaired) electrons. The van der Waals surface area contributed by atoms with Gasteiger partial charge in [0.25, 0.3) is 5.91 Å². The van der Waals surface area contributed by atoms with Crippen LogP contribution in [0, 0.1) is 11.8 Å². The summed E-state index contributed by atoms with van der Waals surface area (Å²) < 4.78 is 7.35. The van der Waals surface area contributed by atoms with Gasteiger partial charge in [-0.3, -0.25) is 14.3 Å². The molecule has 0 aromatic carbocycles. The molecule has 0 saturated heterocycles. The van der Waals surface area contributed by atoms with Crippen LogP contribution in [0.1, 0.15) is 79.8 Å². The minimum Gasteiger partial charge on any atom is -0.356 e. The Labute approximate surface area is 169 Å². The third kappa shape index (κ3) is 4.33. The van der Waals surface area contributed by atoms with Crippen LogP contribution in [0.25, 0.3) is 0 Å². The van der Waals surface area contributed by atoms with E-state index in [9.17, 15) is 9.59 Å². The molecule has 0 unspecified atom stereocenters. The molecule has 2 atom stereocenters. The third-order valence-corrected chi connectivity index (χ3v) is 5.68. The van der Waals surface area contributed by atoms with Crippen molar-refractivity contribution in [2.24, 2.45) is 11.8 Å². The minimum atomic E-state index is -0.350. The van der Waals surface area contributed by atoms with Gasteiger partial charge in [0.05, 0.1) is 17.5 Å². The largest absolute Gasteiger partial charge is 0.356 e. The van der Waals surface area contributed by atoms with Gasteiger partial charge in [0.2, 0.25) is 11.8 Å². The van der Waals surface area contributed by atoms with E-state index in [1.54, 1.807) is 6.20 Å². The fraction of sp³-hybridized carbons (Fsp3) is 0.650. The van der Waals surface area contributed by atoms with Gasteiger partial charge in [0.15, 0.2) is 5.82 Å². The molecule has 29 heavy (non-hydrogen) atoms. The van der Waals surface area contributed by atoms with Crippen molar-refractivity contribution in [2.75, 3.05) is 6.54 Å². The fourth-order valence-corrected chi connectivity index (χ4v) is 3.76. The molecule has 4 rings (SSSR count). The van der Waals surface area contributed by atoms with Crippen LogP contribution in [0.3, 0.4) is 0 Å². The summed E-state index contributed by atoms with van der Waals surface area (Å²) in [4.78, 5) is 28.8. The molecule has 2 N–H and O–H groups in total. The van der Waals surface area contributed by atoms with Crippen LogP contribution in [-0.4, -0.2) is 38.3 Å². The zero-order chi connectivity index (χ0) is 20.5. The Morgan fingerprint density at radius 2 is 2.10 bits per heavy atom. The van der Waals surface area contributed by atoms with E-state index in [1.807, 2.05) is 18.5 Å². The van der Waals surface area contributed by atoms with Crippen molar-refractivity contribution in [1.29, 1.82) is 0 Å². The molecule has 1 aliphatic carbocycles. The highest BCUT2D eigenvalue weighted by molar-refractivity contribution is 5.95. The average Bonchev–Trinajstić information content (AvgIpc) is 3.27. The number of hydrogen-bond donors (Lipinski definition) is 2. The van der Waals surface area contributed by atoms with Crippen molar-refractivity contribution in [2.45, 2.75) is 65.0 Å². The summed E-state index contributed by atoms with van der Waals surface area (Å²) >= 11 is 0. The lowest BCUT2D eigenvalue weighted by Gasteiger charge is -2.24. The smallest absolute Gasteiger partial charge is 0.255 e. The molecule has 1 aliphatic heterocycles. The molecule has 1 saturated carbocycles. The third-order valence-electron chi connectivity index (χ3n) is 5.68. The lowest BCUT2D eigenvalue weighted by Crippen LogP contribution is -2.35. The van der Waals surface area contributed by atoms with Crippen LogP contribution in [0.5, 0.6) is 0 Å². The Balaban J connectivity index is 1.47. The normalized spacial score (nSPS) is 19.7. The van der Waals surface area contributed by atoms with E-state index < -0.39 is 0 Å². The van der Waals surface area contributed by atoms with Crippen molar-refractivity contribution in [3.8, 4) is 0 Å². The molecule has 2 aromatic rings. The van der Waals surface area contributed by atoms with E-state index in [4.69, 9.17) is 4.52 Å². The molecule has 3 heterocycles. The Kier molecular flexibility index (Phi) is 5.38. The van der Waals surface area contributed by atoms with Gasteiger partial charge in [-0.05, 0) is 37.5 Å². The van der Waals surface area contributed by atoms with Crippen molar-refractivity contribution >= 4 is 11.8 Å². The highest BCUT2D eigenvalue weighted by Crippen LogP contribution is 2.38. The van der Waals surface area contributed by atoms with Gasteiger partial charge in [-0.1, -0.05) is 19.0 Å². The van der Waals surface area contributed by atoms with Crippen LogP contribution in [0.4, 0.5) is 0 Å². The van der Waals surface area contributed by atoms with Gasteiger partial charge in [-0.25, -0.2) is 0 Å². The van der Waals surface area contributed by atoms with Crippen LogP contribution in [-0.2, 0) is 17.8 Å². The van der Waals surface area contributed by atoms with Gasteiger partial charge in [0.1, 0.15) is 6.04 Å². The molecule has 2 aromatic heterocycles. The lowest BCUT2D eigenvalue weighted by atomic mass is 9.94. The van der Waals surface area contributed by atoms with E-state index >= 15 is 0 Å². The zero-order valence-electron chi connectivity index (χ0n) is 17.1. The van der Waals surface area contributed by atoms with Crippen LogP contribution >= 0.6 is 0 Å². The monoisotopic (exact) mass is 400 g/mol. The van der Waals surface area contributed by atoms with Gasteiger partial charge in [-0.2, -0.15) is 10.1 Å². The SMILES string of the molecule is CC(=O)NC[C@@H]1CCn2ncc(C(=O)N[C@@H](c3nc(C4CC4)no3)C(C)C)c2C1. The maximum absolute atomic E-state index is 13.1. The quantitative estimate of drug-likeness (QED) is 0.734. The van der Waals surface area contributed by atoms with Crippen molar-refractivity contribution < 1.29 is 14.1 Å². The van der Waals surface area contributed by atoms with Gasteiger partial charge < -0.3 is 15.2 Å². The summed E-state index contributed by atoms with van der Waals surface area (Å²) in [6.07, 6.45) is 5.46. The van der Waals surface area contributed by atoms with E-state index in [-0.39, 0.29) is 23.8 Å². The number of nitrogens with zero attached hydrogens (tertiary/aromatic N) is 4. The second-order valence-corrected chi connectivity index (χ2v) is 8.48. The number of hydrogen-bond acceptors (Lipinski definition) is 6. The Hall–Kier alpha value is -2.71. The zero-order valence-corrected chi connectivity index (χ0v) is 17.1. The number of amides is 2. The van der Waals surface area contributed by atoms with Crippen molar-refractivity contribution in [3.63, 3.8) is 0 Å². The maximum Gasteiger partial charge on any atom is 0.255 e. The molecular formula is C20H28N6O3. The van der Waals surface area contributed by atoms with E-state index in [0.717, 1.165) is 37.3 Å². The van der Waals surface area contributed by atoms with Crippen LogP contribution in [0.2, 0.25) is 0 Å². The predicted octanol–water partition coefficient (Wildman–Crippen LogP) is 1.97. The van der Waals surface area contributed by atoms with Crippen molar-refractivity contribution in [3.05, 3.63) is 29.2 Å². The number of fused-ring (bicyclic) bond motifs is 1. The number of nitrogens with one attached hydrogen (secondary N) is 2. The molecular weight excluding hydrogens is 372 g/mol. The van der Waals surface area contributed by atoms with Crippen LogP contribution < -0.4 is 10.6 Å². The lowest BCUT2D eigenvalue weighted by molar-refractivity contribution is -0.119. The molecule has 0 bridgehead atoms. The topological polar surface area (TPSA) is 115 Å². The van der Waals surface area contributed by atoms with Gasteiger partial charge in [-0.15, -0.1) is 0 Å². The number of rotatable bonds is 7. The van der Waals surface area contributed by atoms with E-state index in [0.29, 0.717) is 36.3 Å². The highest BCUT2D eigenvalue weighted by Gasteiger charge is 2.33. The number of aryl methyl sites for hydroxylation is 1. The summed E-state index contributed by atoms with van der Waals surface area (Å²) in [5, 5.41) is 14.4. The minimum absolute atomic E-state index is 0.0352. The van der Waals surface area contributed by atoms with E-state index in [2.05, 4.69) is 25.9 Å². The fourth-order valence-electron chi connectivity index (χ4n) is 3.76. The van der Waals surface area contributed by atoms with Crippen LogP contribution in [0.15, 0.2) is 10.7 Å². The first-order valence-electron chi connectivity index (χ1n) is 10.4. The van der Waals surface area contributed by atoms with E-state index in [1.165, 1.54) is 6.92 Å². The second-order valence-electron chi connectivity index (χ2n) is 8.48. The molecule has 9 nitrogen and oxygen atoms in total. The first-order chi connectivity index (χ1) is 13.9. The highest BCUT2D eigenvalue weighted by atomic mass is 16.5. The van der Waals surface area contributed by atoms with Gasteiger partial charge >= 0.3 is 0 Å². The predicted molar refractivity (Wildman–Crippen MR) is 104 cm³/mol. The summed E-state index contributed by atoms with van der Waals surface area (Å²) in [5.41, 5.74) is 1.49. The first kappa shape index (κ1) is 19.6. The van der Waals surface area contributed by atoms with Gasteiger partial charge in [0, 0.05) is 25.9 Å². The maximum atomic E-state index is 13.1. The summed E-state index contributed by atoms with van der Waals surface area (Å²) in [6, 6.07) is -0.350. The molecule has 2 aliphatic rings. The second kappa shape index (κ2) is 7.96. The molecule has 156 valence electrons. The Morgan fingerprint density at radius 1 is 1.31 bits per heavy atom. The Morgan fingerprint density at radius 3 is 2.79 bits per heavy atom. The molecule has 0 spiro atoms. The number of aromatic nitrogens is 4. The number of carbonyl (C=O) groups excluding carboxylic acids is 2. The summed E-state index contributed by atoms with van der Waals surface area (Å²) in [6.45, 7) is 6.91. The standard InChI is InChI=1S/C20H28N6O3/c1-11(2)17(20-24-18(25-29-20)14-4-5-14)23-19(28)15-10-22-26-7-6-13(8-16(15)26)9-21-12(3)27/h10-11,13-14,17H,4-9H2,1-3H3,(H,21,27)(H,23,28)/t13-,17-/m1/s1. The molecule has 2 amide bonds. The summed E-state index contributed by atoms with van der Waals surface area (Å²) in [5.74, 6) is 1.78. The van der Waals surface area contributed by atoms with Crippen molar-refractivity contribution in [1.82, 2.24) is 30.6 Å². The molecule has 9 heteroatoms.